The second-order valence-corrected chi connectivity index (χ2v) is 7.37. The zero-order valence-corrected chi connectivity index (χ0v) is 13.3. The molecule has 0 spiro atoms. The minimum Gasteiger partial charge on any atom is -0.316 e. The van der Waals surface area contributed by atoms with Gasteiger partial charge >= 0.3 is 0 Å². The molecule has 1 rings (SSSR count). The summed E-state index contributed by atoms with van der Waals surface area (Å²) in [7, 11) is 0. The van der Waals surface area contributed by atoms with Crippen LogP contribution in [-0.2, 0) is 0 Å². The third-order valence-corrected chi connectivity index (χ3v) is 3.87. The van der Waals surface area contributed by atoms with E-state index in [0.717, 1.165) is 24.9 Å². The third-order valence-electron chi connectivity index (χ3n) is 3.87. The molecule has 0 radical (unpaired) electrons. The summed E-state index contributed by atoms with van der Waals surface area (Å²) in [5.74, 6) is 1.72. The van der Waals surface area contributed by atoms with Crippen LogP contribution in [0.4, 0.5) is 0 Å². The van der Waals surface area contributed by atoms with Gasteiger partial charge in [-0.15, -0.1) is 0 Å². The van der Waals surface area contributed by atoms with E-state index in [-0.39, 0.29) is 0 Å². The Balaban J connectivity index is 2.23. The highest BCUT2D eigenvalue weighted by Crippen LogP contribution is 2.25. The highest BCUT2D eigenvalue weighted by atomic mass is 15.2. The molecule has 0 aromatic carbocycles. The van der Waals surface area contributed by atoms with E-state index in [1.165, 1.54) is 38.9 Å². The van der Waals surface area contributed by atoms with Crippen LogP contribution in [0.15, 0.2) is 0 Å². The maximum atomic E-state index is 3.61. The van der Waals surface area contributed by atoms with E-state index in [2.05, 4.69) is 44.8 Å². The molecule has 1 N–H and O–H groups in total. The zero-order chi connectivity index (χ0) is 13.6. The van der Waals surface area contributed by atoms with Gasteiger partial charge < -0.3 is 10.2 Å². The predicted molar refractivity (Wildman–Crippen MR) is 80.9 cm³/mol. The Kier molecular flexibility index (Phi) is 6.65. The number of hydrogen-bond acceptors (Lipinski definition) is 2. The fourth-order valence-electron chi connectivity index (χ4n) is 3.06. The molecule has 0 aliphatic carbocycles. The normalized spacial score (nSPS) is 22.0. The Morgan fingerprint density at radius 2 is 2.06 bits per heavy atom. The van der Waals surface area contributed by atoms with Gasteiger partial charge in [-0.25, -0.2) is 0 Å². The summed E-state index contributed by atoms with van der Waals surface area (Å²) >= 11 is 0. The van der Waals surface area contributed by atoms with Gasteiger partial charge in [0.1, 0.15) is 0 Å². The van der Waals surface area contributed by atoms with E-state index in [0.29, 0.717) is 5.41 Å². The Labute approximate surface area is 115 Å². The fourth-order valence-corrected chi connectivity index (χ4v) is 3.06. The van der Waals surface area contributed by atoms with Crippen LogP contribution in [0, 0.1) is 17.3 Å². The van der Waals surface area contributed by atoms with Gasteiger partial charge in [-0.05, 0) is 43.2 Å². The Morgan fingerprint density at radius 3 is 2.67 bits per heavy atom. The van der Waals surface area contributed by atoms with E-state index in [1.54, 1.807) is 0 Å². The lowest BCUT2D eigenvalue weighted by molar-refractivity contribution is 0.196. The first kappa shape index (κ1) is 16.0. The van der Waals surface area contributed by atoms with Crippen molar-refractivity contribution in [2.45, 2.75) is 53.9 Å². The van der Waals surface area contributed by atoms with Gasteiger partial charge in [0, 0.05) is 19.6 Å². The summed E-state index contributed by atoms with van der Waals surface area (Å²) < 4.78 is 0. The number of nitrogens with one attached hydrogen (secondary N) is 1. The van der Waals surface area contributed by atoms with Crippen molar-refractivity contribution in [1.29, 1.82) is 0 Å². The summed E-state index contributed by atoms with van der Waals surface area (Å²) in [5, 5.41) is 3.61. The smallest absolute Gasteiger partial charge is 0.00449 e. The predicted octanol–water partition coefficient (Wildman–Crippen LogP) is 3.38. The van der Waals surface area contributed by atoms with E-state index in [1.807, 2.05) is 0 Å². The molecule has 1 fully saturated rings. The molecule has 1 heterocycles. The van der Waals surface area contributed by atoms with Gasteiger partial charge in [-0.1, -0.05) is 41.0 Å². The summed E-state index contributed by atoms with van der Waals surface area (Å²) in [6, 6.07) is 0. The molecule has 1 unspecified atom stereocenters. The van der Waals surface area contributed by atoms with Crippen molar-refractivity contribution in [3.05, 3.63) is 0 Å². The molecule has 1 atom stereocenters. The Hall–Kier alpha value is -0.0800. The lowest BCUT2D eigenvalue weighted by Gasteiger charge is -2.31. The maximum Gasteiger partial charge on any atom is 0.00449 e. The second-order valence-electron chi connectivity index (χ2n) is 7.37. The summed E-state index contributed by atoms with van der Waals surface area (Å²) in [6.07, 6.45) is 4.18. The molecule has 0 saturated carbocycles. The van der Waals surface area contributed by atoms with Crippen LogP contribution in [0.5, 0.6) is 0 Å². The van der Waals surface area contributed by atoms with Gasteiger partial charge in [-0.2, -0.15) is 0 Å². The first-order valence-corrected chi connectivity index (χ1v) is 7.86. The lowest BCUT2D eigenvalue weighted by atomic mass is 9.92. The minimum atomic E-state index is 0.399. The van der Waals surface area contributed by atoms with Crippen molar-refractivity contribution in [3.8, 4) is 0 Å². The number of hydrogen-bond donors (Lipinski definition) is 1. The van der Waals surface area contributed by atoms with Crippen LogP contribution in [0.3, 0.4) is 0 Å². The van der Waals surface area contributed by atoms with Crippen molar-refractivity contribution in [1.82, 2.24) is 10.2 Å². The van der Waals surface area contributed by atoms with Gasteiger partial charge in [0.2, 0.25) is 0 Å². The van der Waals surface area contributed by atoms with Crippen LogP contribution in [0.25, 0.3) is 0 Å². The van der Waals surface area contributed by atoms with Crippen molar-refractivity contribution in [2.24, 2.45) is 17.3 Å². The monoisotopic (exact) mass is 254 g/mol. The molecule has 0 bridgehead atoms. The van der Waals surface area contributed by atoms with E-state index in [9.17, 15) is 0 Å². The Bertz CT molecular complexity index is 223. The Morgan fingerprint density at radius 1 is 1.33 bits per heavy atom. The minimum absolute atomic E-state index is 0.399. The largest absolute Gasteiger partial charge is 0.316 e. The van der Waals surface area contributed by atoms with Crippen molar-refractivity contribution < 1.29 is 0 Å². The zero-order valence-electron chi connectivity index (χ0n) is 13.3. The van der Waals surface area contributed by atoms with E-state index >= 15 is 0 Å². The quantitative estimate of drug-likeness (QED) is 0.714. The summed E-state index contributed by atoms with van der Waals surface area (Å²) in [6.45, 7) is 17.8. The fraction of sp³-hybridized carbons (Fsp3) is 1.00. The molecular formula is C16H34N2. The van der Waals surface area contributed by atoms with Gasteiger partial charge in [0.05, 0.1) is 0 Å². The highest BCUT2D eigenvalue weighted by Gasteiger charge is 2.27. The third kappa shape index (κ3) is 6.19. The summed E-state index contributed by atoms with van der Waals surface area (Å²) in [4.78, 5) is 2.68. The molecule has 1 aliphatic heterocycles. The SMILES string of the molecule is CCCC1CCN(CC(C)(C)CNCC(C)C)C1. The molecular weight excluding hydrogens is 220 g/mol. The van der Waals surface area contributed by atoms with Gasteiger partial charge in [-0.3, -0.25) is 0 Å². The average Bonchev–Trinajstić information content (AvgIpc) is 2.64. The molecule has 0 aromatic heterocycles. The molecule has 0 amide bonds. The van der Waals surface area contributed by atoms with Crippen LogP contribution >= 0.6 is 0 Å². The number of rotatable bonds is 8. The lowest BCUT2D eigenvalue weighted by Crippen LogP contribution is -2.40. The molecule has 108 valence electrons. The van der Waals surface area contributed by atoms with Crippen LogP contribution in [0.2, 0.25) is 0 Å². The molecule has 1 saturated heterocycles. The average molecular weight is 254 g/mol. The van der Waals surface area contributed by atoms with Crippen LogP contribution < -0.4 is 5.32 Å². The molecule has 2 nitrogen and oxygen atoms in total. The molecule has 1 aliphatic rings. The topological polar surface area (TPSA) is 15.3 Å². The first-order chi connectivity index (χ1) is 8.43. The van der Waals surface area contributed by atoms with E-state index < -0.39 is 0 Å². The summed E-state index contributed by atoms with van der Waals surface area (Å²) in [5.41, 5.74) is 0.399. The molecule has 0 aromatic rings. The molecule has 2 heteroatoms. The van der Waals surface area contributed by atoms with E-state index in [4.69, 9.17) is 0 Å². The van der Waals surface area contributed by atoms with Gasteiger partial charge in [0.15, 0.2) is 0 Å². The molecule has 18 heavy (non-hydrogen) atoms. The standard InChI is InChI=1S/C16H34N2/c1-6-7-15-8-9-18(11-15)13-16(4,5)12-17-10-14(2)3/h14-15,17H,6-13H2,1-5H3. The van der Waals surface area contributed by atoms with Crippen LogP contribution in [0.1, 0.15) is 53.9 Å². The van der Waals surface area contributed by atoms with Crippen molar-refractivity contribution in [2.75, 3.05) is 32.7 Å². The number of likely N-dealkylation sites (tertiary alicyclic amines) is 1. The van der Waals surface area contributed by atoms with Crippen molar-refractivity contribution in [3.63, 3.8) is 0 Å². The first-order valence-electron chi connectivity index (χ1n) is 7.86. The van der Waals surface area contributed by atoms with Crippen LogP contribution in [-0.4, -0.2) is 37.6 Å². The van der Waals surface area contributed by atoms with Gasteiger partial charge in [0.25, 0.3) is 0 Å². The number of nitrogens with zero attached hydrogens (tertiary/aromatic N) is 1. The second kappa shape index (κ2) is 7.49. The highest BCUT2D eigenvalue weighted by molar-refractivity contribution is 4.82. The maximum absolute atomic E-state index is 3.61. The van der Waals surface area contributed by atoms with Crippen molar-refractivity contribution >= 4 is 0 Å².